The van der Waals surface area contributed by atoms with Gasteiger partial charge in [-0.15, -0.1) is 0 Å². The van der Waals surface area contributed by atoms with Crippen molar-refractivity contribution in [3.05, 3.63) is 42.1 Å². The molecule has 104 valence electrons. The number of hydrogen-bond acceptors (Lipinski definition) is 4. The summed E-state index contributed by atoms with van der Waals surface area (Å²) in [5.41, 5.74) is 7.99. The van der Waals surface area contributed by atoms with Gasteiger partial charge in [-0.1, -0.05) is 17.3 Å². The van der Waals surface area contributed by atoms with Crippen LogP contribution in [0, 0.1) is 0 Å². The van der Waals surface area contributed by atoms with E-state index in [-0.39, 0.29) is 6.04 Å². The lowest BCUT2D eigenvalue weighted by molar-refractivity contribution is 0.275. The van der Waals surface area contributed by atoms with Crippen LogP contribution in [0.2, 0.25) is 0 Å². The average Bonchev–Trinajstić information content (AvgIpc) is 2.94. The van der Waals surface area contributed by atoms with Crippen LogP contribution >= 0.6 is 0 Å². The molecule has 1 aliphatic rings. The van der Waals surface area contributed by atoms with Gasteiger partial charge in [0.25, 0.3) is 0 Å². The highest BCUT2D eigenvalue weighted by molar-refractivity contribution is 5.85. The number of likely N-dealkylation sites (tertiary alicyclic amines) is 1. The molecule has 0 bridgehead atoms. The highest BCUT2D eigenvalue weighted by atomic mass is 16.4. The standard InChI is InChI=1S/C15H18N4O/c16-15(18-20)14-4-2-8-19(14)10-11-5-6-13-12(9-11)3-1-7-17-13/h1,3,5-7,9,14,20H,2,4,8,10H2,(H2,16,18). The zero-order chi connectivity index (χ0) is 13.9. The summed E-state index contributed by atoms with van der Waals surface area (Å²) in [5.74, 6) is 0.310. The van der Waals surface area contributed by atoms with Crippen LogP contribution in [0.3, 0.4) is 0 Å². The molecule has 1 aromatic carbocycles. The Labute approximate surface area is 117 Å². The Hall–Kier alpha value is -2.14. The molecule has 20 heavy (non-hydrogen) atoms. The number of fused-ring (bicyclic) bond motifs is 1. The number of aromatic nitrogens is 1. The topological polar surface area (TPSA) is 74.7 Å². The first-order valence-corrected chi connectivity index (χ1v) is 6.83. The van der Waals surface area contributed by atoms with Gasteiger partial charge in [-0.3, -0.25) is 9.88 Å². The van der Waals surface area contributed by atoms with Crippen molar-refractivity contribution in [1.82, 2.24) is 9.88 Å². The molecule has 0 saturated carbocycles. The number of amidine groups is 1. The number of rotatable bonds is 3. The molecule has 0 aliphatic carbocycles. The third kappa shape index (κ3) is 2.44. The number of nitrogens with two attached hydrogens (primary N) is 1. The summed E-state index contributed by atoms with van der Waals surface area (Å²) in [7, 11) is 0. The first kappa shape index (κ1) is 12.9. The molecule has 5 heteroatoms. The maximum absolute atomic E-state index is 8.85. The predicted molar refractivity (Wildman–Crippen MR) is 78.6 cm³/mol. The fourth-order valence-electron chi connectivity index (χ4n) is 2.87. The molecule has 3 rings (SSSR count). The summed E-state index contributed by atoms with van der Waals surface area (Å²) in [4.78, 5) is 6.58. The first-order valence-electron chi connectivity index (χ1n) is 6.83. The average molecular weight is 270 g/mol. The zero-order valence-corrected chi connectivity index (χ0v) is 11.2. The number of oxime groups is 1. The van der Waals surface area contributed by atoms with Gasteiger partial charge in [0, 0.05) is 18.1 Å². The molecule has 1 fully saturated rings. The van der Waals surface area contributed by atoms with Crippen LogP contribution in [-0.4, -0.2) is 33.5 Å². The van der Waals surface area contributed by atoms with Crippen LogP contribution in [0.5, 0.6) is 0 Å². The maximum atomic E-state index is 8.85. The summed E-state index contributed by atoms with van der Waals surface area (Å²) < 4.78 is 0. The van der Waals surface area contributed by atoms with Crippen LogP contribution < -0.4 is 5.73 Å². The summed E-state index contributed by atoms with van der Waals surface area (Å²) in [6.45, 7) is 1.79. The van der Waals surface area contributed by atoms with E-state index < -0.39 is 0 Å². The van der Waals surface area contributed by atoms with Crippen molar-refractivity contribution in [2.45, 2.75) is 25.4 Å². The van der Waals surface area contributed by atoms with Crippen LogP contribution in [0.25, 0.3) is 10.9 Å². The van der Waals surface area contributed by atoms with E-state index in [2.05, 4.69) is 33.2 Å². The van der Waals surface area contributed by atoms with Crippen molar-refractivity contribution < 1.29 is 5.21 Å². The largest absolute Gasteiger partial charge is 0.409 e. The van der Waals surface area contributed by atoms with Gasteiger partial charge in [-0.25, -0.2) is 0 Å². The second-order valence-electron chi connectivity index (χ2n) is 5.18. The SMILES string of the molecule is NC(=NO)C1CCCN1Cc1ccc2ncccc2c1. The summed E-state index contributed by atoms with van der Waals surface area (Å²) in [6, 6.07) is 10.3. The van der Waals surface area contributed by atoms with Crippen LogP contribution in [0.15, 0.2) is 41.7 Å². The number of pyridine rings is 1. The minimum absolute atomic E-state index is 0.0459. The quantitative estimate of drug-likeness (QED) is 0.387. The van der Waals surface area contributed by atoms with Gasteiger partial charge >= 0.3 is 0 Å². The van der Waals surface area contributed by atoms with E-state index in [1.165, 1.54) is 5.56 Å². The molecular formula is C15H18N4O. The Morgan fingerprint density at radius 3 is 3.20 bits per heavy atom. The van der Waals surface area contributed by atoms with Gasteiger partial charge < -0.3 is 10.9 Å². The molecule has 1 unspecified atom stereocenters. The van der Waals surface area contributed by atoms with Crippen molar-refractivity contribution >= 4 is 16.7 Å². The minimum Gasteiger partial charge on any atom is -0.409 e. The molecule has 2 heterocycles. The van der Waals surface area contributed by atoms with Crippen molar-refractivity contribution in [1.29, 1.82) is 0 Å². The molecule has 3 N–H and O–H groups in total. The number of benzene rings is 1. The van der Waals surface area contributed by atoms with Crippen molar-refractivity contribution in [2.24, 2.45) is 10.9 Å². The highest BCUT2D eigenvalue weighted by Gasteiger charge is 2.27. The van der Waals surface area contributed by atoms with Crippen molar-refractivity contribution in [3.63, 3.8) is 0 Å². The number of hydrogen-bond donors (Lipinski definition) is 2. The van der Waals surface area contributed by atoms with Gasteiger partial charge in [-0.2, -0.15) is 0 Å². The highest BCUT2D eigenvalue weighted by Crippen LogP contribution is 2.22. The predicted octanol–water partition coefficient (Wildman–Crippen LogP) is 1.95. The molecule has 1 atom stereocenters. The molecule has 2 aromatic rings. The lowest BCUT2D eigenvalue weighted by Gasteiger charge is -2.23. The van der Waals surface area contributed by atoms with Gasteiger partial charge in [0.1, 0.15) is 0 Å². The third-order valence-corrected chi connectivity index (χ3v) is 3.87. The van der Waals surface area contributed by atoms with E-state index >= 15 is 0 Å². The van der Waals surface area contributed by atoms with Crippen molar-refractivity contribution in [3.8, 4) is 0 Å². The Morgan fingerprint density at radius 1 is 1.45 bits per heavy atom. The maximum Gasteiger partial charge on any atom is 0.156 e. The molecule has 5 nitrogen and oxygen atoms in total. The minimum atomic E-state index is 0.0459. The molecular weight excluding hydrogens is 252 g/mol. The van der Waals surface area contributed by atoms with E-state index in [1.807, 2.05) is 12.1 Å². The molecule has 1 saturated heterocycles. The smallest absolute Gasteiger partial charge is 0.156 e. The van der Waals surface area contributed by atoms with Gasteiger partial charge in [0.05, 0.1) is 11.6 Å². The lowest BCUT2D eigenvalue weighted by Crippen LogP contribution is -2.40. The lowest BCUT2D eigenvalue weighted by atomic mass is 10.1. The van der Waals surface area contributed by atoms with E-state index in [0.717, 1.165) is 36.8 Å². The second kappa shape index (κ2) is 5.46. The molecule has 0 amide bonds. The second-order valence-corrected chi connectivity index (χ2v) is 5.18. The summed E-state index contributed by atoms with van der Waals surface area (Å²) in [5, 5.41) is 13.1. The molecule has 0 radical (unpaired) electrons. The van der Waals surface area contributed by atoms with Crippen LogP contribution in [0.1, 0.15) is 18.4 Å². The number of nitrogens with zero attached hydrogens (tertiary/aromatic N) is 3. The fraction of sp³-hybridized carbons (Fsp3) is 0.333. The monoisotopic (exact) mass is 270 g/mol. The molecule has 0 spiro atoms. The first-order chi connectivity index (χ1) is 9.78. The molecule has 1 aliphatic heterocycles. The van der Waals surface area contributed by atoms with Crippen LogP contribution in [0.4, 0.5) is 0 Å². The third-order valence-electron chi connectivity index (χ3n) is 3.87. The molecule has 1 aromatic heterocycles. The van der Waals surface area contributed by atoms with E-state index in [1.54, 1.807) is 6.20 Å². The summed E-state index contributed by atoms with van der Waals surface area (Å²) >= 11 is 0. The zero-order valence-electron chi connectivity index (χ0n) is 11.2. The van der Waals surface area contributed by atoms with Crippen LogP contribution in [-0.2, 0) is 6.54 Å². The normalized spacial score (nSPS) is 20.6. The Morgan fingerprint density at radius 2 is 2.35 bits per heavy atom. The van der Waals surface area contributed by atoms with Crippen molar-refractivity contribution in [2.75, 3.05) is 6.54 Å². The van der Waals surface area contributed by atoms with Gasteiger partial charge in [0.2, 0.25) is 0 Å². The van der Waals surface area contributed by atoms with Gasteiger partial charge in [0.15, 0.2) is 5.84 Å². The van der Waals surface area contributed by atoms with E-state index in [9.17, 15) is 0 Å². The Bertz CT molecular complexity index is 641. The fourth-order valence-corrected chi connectivity index (χ4v) is 2.87. The van der Waals surface area contributed by atoms with E-state index in [4.69, 9.17) is 10.9 Å². The van der Waals surface area contributed by atoms with E-state index in [0.29, 0.717) is 5.84 Å². The Balaban J connectivity index is 1.82. The Kier molecular flexibility index (Phi) is 3.52. The summed E-state index contributed by atoms with van der Waals surface area (Å²) in [6.07, 6.45) is 3.83. The van der Waals surface area contributed by atoms with Gasteiger partial charge in [-0.05, 0) is 43.1 Å².